The van der Waals surface area contributed by atoms with Gasteiger partial charge in [-0.3, -0.25) is 9.48 Å². The van der Waals surface area contributed by atoms with Crippen LogP contribution in [0.3, 0.4) is 0 Å². The Morgan fingerprint density at radius 3 is 2.83 bits per heavy atom. The Morgan fingerprint density at radius 2 is 2.07 bits per heavy atom. The first-order valence-corrected chi connectivity index (χ1v) is 10.1. The Morgan fingerprint density at radius 1 is 1.24 bits per heavy atom. The van der Waals surface area contributed by atoms with Gasteiger partial charge in [-0.2, -0.15) is 5.10 Å². The number of aliphatic hydroxyl groups excluding tert-OH is 1. The Hall–Kier alpha value is -3.00. The molecule has 1 saturated carbocycles. The molecule has 1 aliphatic rings. The number of fused-ring (bicyclic) bond motifs is 1. The van der Waals surface area contributed by atoms with Gasteiger partial charge in [0.15, 0.2) is 0 Å². The van der Waals surface area contributed by atoms with Crippen LogP contribution in [0, 0.1) is 6.92 Å². The molecule has 4 rings (SSSR count). The summed E-state index contributed by atoms with van der Waals surface area (Å²) in [5.41, 5.74) is 2.12. The third-order valence-electron chi connectivity index (χ3n) is 5.29. The normalized spacial score (nSPS) is 19.2. The number of aromatic nitrogens is 4. The molecule has 0 saturated heterocycles. The van der Waals surface area contributed by atoms with Crippen molar-refractivity contribution in [1.82, 2.24) is 25.1 Å². The zero-order valence-electron chi connectivity index (χ0n) is 16.5. The second-order valence-electron chi connectivity index (χ2n) is 7.56. The molecule has 29 heavy (non-hydrogen) atoms. The lowest BCUT2D eigenvalue weighted by Crippen LogP contribution is -2.29. The van der Waals surface area contributed by atoms with Crippen molar-refractivity contribution in [3.63, 3.8) is 0 Å². The van der Waals surface area contributed by atoms with E-state index in [0.29, 0.717) is 30.1 Å². The summed E-state index contributed by atoms with van der Waals surface area (Å²) in [5, 5.41) is 21.1. The second kappa shape index (κ2) is 8.57. The zero-order valence-corrected chi connectivity index (χ0v) is 16.5. The van der Waals surface area contributed by atoms with Gasteiger partial charge in [0.1, 0.15) is 0 Å². The minimum Gasteiger partial charge on any atom is -0.393 e. The zero-order chi connectivity index (χ0) is 20.2. The van der Waals surface area contributed by atoms with Crippen molar-refractivity contribution in [3.05, 3.63) is 47.9 Å². The van der Waals surface area contributed by atoms with Gasteiger partial charge in [0, 0.05) is 30.4 Å². The quantitative estimate of drug-likeness (QED) is 0.592. The molecule has 0 bridgehead atoms. The number of benzene rings is 1. The van der Waals surface area contributed by atoms with Crippen molar-refractivity contribution in [2.45, 2.75) is 51.3 Å². The number of carbonyl (C=O) groups is 1. The maximum Gasteiger partial charge on any atom is 0.253 e. The summed E-state index contributed by atoms with van der Waals surface area (Å²) in [6, 6.07) is 7.70. The number of nitrogens with one attached hydrogen (secondary N) is 2. The van der Waals surface area contributed by atoms with Crippen molar-refractivity contribution in [2.75, 3.05) is 11.9 Å². The first kappa shape index (κ1) is 19.3. The number of carbonyl (C=O) groups excluding carboxylic acids is 1. The third-order valence-corrected chi connectivity index (χ3v) is 5.29. The number of aliphatic hydroxyl groups is 1. The lowest BCUT2D eigenvalue weighted by atomic mass is 9.93. The minimum atomic E-state index is -0.202. The number of nitrogens with zero attached hydrogens (tertiary/aromatic N) is 4. The van der Waals surface area contributed by atoms with E-state index in [-0.39, 0.29) is 18.1 Å². The van der Waals surface area contributed by atoms with Gasteiger partial charge < -0.3 is 15.7 Å². The van der Waals surface area contributed by atoms with E-state index < -0.39 is 0 Å². The van der Waals surface area contributed by atoms with Crippen molar-refractivity contribution in [2.24, 2.45) is 0 Å². The van der Waals surface area contributed by atoms with E-state index in [1.54, 1.807) is 12.3 Å². The molecule has 3 aromatic rings. The average Bonchev–Trinajstić information content (AvgIpc) is 3.14. The number of aryl methyl sites for hydroxylation is 1. The fourth-order valence-electron chi connectivity index (χ4n) is 3.68. The minimum absolute atomic E-state index is 0.162. The Balaban J connectivity index is 1.45. The maximum atomic E-state index is 12.7. The molecular formula is C21H26N6O2. The molecule has 0 radical (unpaired) electrons. The van der Waals surface area contributed by atoms with E-state index in [4.69, 9.17) is 0 Å². The predicted octanol–water partition coefficient (Wildman–Crippen LogP) is 2.28. The average molecular weight is 394 g/mol. The van der Waals surface area contributed by atoms with Crippen molar-refractivity contribution >= 4 is 22.8 Å². The Bertz CT molecular complexity index is 994. The Kier molecular flexibility index (Phi) is 5.71. The highest BCUT2D eigenvalue weighted by molar-refractivity contribution is 6.05. The molecule has 8 heteroatoms. The van der Waals surface area contributed by atoms with E-state index in [9.17, 15) is 9.90 Å². The highest BCUT2D eigenvalue weighted by Gasteiger charge is 2.20. The van der Waals surface area contributed by atoms with Crippen LogP contribution in [0.1, 0.15) is 41.7 Å². The summed E-state index contributed by atoms with van der Waals surface area (Å²) >= 11 is 0. The third kappa shape index (κ3) is 4.71. The smallest absolute Gasteiger partial charge is 0.253 e. The molecule has 0 atom stereocenters. The number of amides is 1. The molecule has 1 aliphatic carbocycles. The van der Waals surface area contributed by atoms with E-state index in [2.05, 4.69) is 25.7 Å². The van der Waals surface area contributed by atoms with Gasteiger partial charge in [-0.15, -0.1) is 0 Å². The van der Waals surface area contributed by atoms with Crippen LogP contribution in [-0.4, -0.2) is 49.5 Å². The van der Waals surface area contributed by atoms with E-state index >= 15 is 0 Å². The summed E-state index contributed by atoms with van der Waals surface area (Å²) < 4.78 is 1.81. The van der Waals surface area contributed by atoms with Crippen molar-refractivity contribution in [1.29, 1.82) is 0 Å². The van der Waals surface area contributed by atoms with E-state index in [0.717, 1.165) is 36.8 Å². The topological polar surface area (TPSA) is 105 Å². The van der Waals surface area contributed by atoms with Crippen LogP contribution in [0.2, 0.25) is 0 Å². The molecule has 3 N–H and O–H groups in total. The summed E-state index contributed by atoms with van der Waals surface area (Å²) in [4.78, 5) is 21.8. The maximum absolute atomic E-state index is 12.7. The van der Waals surface area contributed by atoms with Gasteiger partial charge in [0.05, 0.1) is 29.4 Å². The number of para-hydroxylation sites is 1. The van der Waals surface area contributed by atoms with Gasteiger partial charge in [-0.05, 0) is 44.7 Å². The summed E-state index contributed by atoms with van der Waals surface area (Å²) in [7, 11) is 0. The van der Waals surface area contributed by atoms with Crippen molar-refractivity contribution in [3.8, 4) is 0 Å². The molecule has 2 heterocycles. The largest absolute Gasteiger partial charge is 0.393 e. The molecule has 8 nitrogen and oxygen atoms in total. The van der Waals surface area contributed by atoms with Crippen molar-refractivity contribution < 1.29 is 9.90 Å². The second-order valence-corrected chi connectivity index (χ2v) is 7.56. The SMILES string of the molecule is Cc1ccn(CCNC(=O)c2cccc3cnc(N[C@H]4CC[C@H](O)CC4)nc23)n1. The molecule has 0 aliphatic heterocycles. The molecule has 0 spiro atoms. The first-order chi connectivity index (χ1) is 14.1. The monoisotopic (exact) mass is 394 g/mol. The molecule has 0 unspecified atom stereocenters. The number of hydrogen-bond acceptors (Lipinski definition) is 6. The van der Waals surface area contributed by atoms with Gasteiger partial charge in [0.2, 0.25) is 5.95 Å². The van der Waals surface area contributed by atoms with Crippen LogP contribution in [0.15, 0.2) is 36.7 Å². The summed E-state index contributed by atoms with van der Waals surface area (Å²) in [6.45, 7) is 3.03. The molecule has 1 aromatic carbocycles. The lowest BCUT2D eigenvalue weighted by molar-refractivity contribution is 0.0953. The lowest BCUT2D eigenvalue weighted by Gasteiger charge is -2.26. The van der Waals surface area contributed by atoms with E-state index in [1.165, 1.54) is 0 Å². The number of anilines is 1. The van der Waals surface area contributed by atoms with Crippen LogP contribution >= 0.6 is 0 Å². The van der Waals surface area contributed by atoms with Gasteiger partial charge in [-0.25, -0.2) is 9.97 Å². The van der Waals surface area contributed by atoms with Crippen LogP contribution < -0.4 is 10.6 Å². The fraction of sp³-hybridized carbons (Fsp3) is 0.429. The molecule has 1 fully saturated rings. The van der Waals surface area contributed by atoms with Crippen LogP contribution in [0.4, 0.5) is 5.95 Å². The molecule has 1 amide bonds. The van der Waals surface area contributed by atoms with Crippen LogP contribution in [0.5, 0.6) is 0 Å². The van der Waals surface area contributed by atoms with Gasteiger partial charge in [-0.1, -0.05) is 12.1 Å². The standard InChI is InChI=1S/C21H26N6O2/c1-14-9-11-27(26-14)12-10-22-20(29)18-4-2-3-15-13-23-21(25-19(15)18)24-16-5-7-17(28)8-6-16/h2-4,9,11,13,16-17,28H,5-8,10,12H2,1H3,(H,22,29)(H,23,24,25)/t16-,17-. The number of hydrogen-bond donors (Lipinski definition) is 3. The van der Waals surface area contributed by atoms with Crippen LogP contribution in [0.25, 0.3) is 10.9 Å². The number of rotatable bonds is 6. The summed E-state index contributed by atoms with van der Waals surface area (Å²) in [5.74, 6) is 0.357. The summed E-state index contributed by atoms with van der Waals surface area (Å²) in [6.07, 6.45) is 6.78. The molecule has 2 aromatic heterocycles. The fourth-order valence-corrected chi connectivity index (χ4v) is 3.68. The molecule has 152 valence electrons. The highest BCUT2D eigenvalue weighted by atomic mass is 16.3. The van der Waals surface area contributed by atoms with Crippen LogP contribution in [-0.2, 0) is 6.54 Å². The molecular weight excluding hydrogens is 368 g/mol. The Labute approximate surface area is 169 Å². The highest BCUT2D eigenvalue weighted by Crippen LogP contribution is 2.22. The van der Waals surface area contributed by atoms with E-state index in [1.807, 2.05) is 36.0 Å². The first-order valence-electron chi connectivity index (χ1n) is 10.1. The van der Waals surface area contributed by atoms with Gasteiger partial charge in [0.25, 0.3) is 5.91 Å². The van der Waals surface area contributed by atoms with Gasteiger partial charge >= 0.3 is 0 Å². The predicted molar refractivity (Wildman–Crippen MR) is 111 cm³/mol.